The topological polar surface area (TPSA) is 54.1 Å². The lowest BCUT2D eigenvalue weighted by molar-refractivity contribution is 0.0672. The quantitative estimate of drug-likeness (QED) is 0.596. The first-order valence-electron chi connectivity index (χ1n) is 8.62. The molecule has 1 unspecified atom stereocenters. The van der Waals surface area contributed by atoms with Crippen molar-refractivity contribution in [3.63, 3.8) is 0 Å². The molecular formula is C16H32N4O. The van der Waals surface area contributed by atoms with E-state index in [1.807, 2.05) is 0 Å². The third kappa shape index (κ3) is 4.58. The fourth-order valence-corrected chi connectivity index (χ4v) is 3.55. The van der Waals surface area contributed by atoms with E-state index >= 15 is 0 Å². The van der Waals surface area contributed by atoms with Crippen molar-refractivity contribution in [2.24, 2.45) is 16.6 Å². The second-order valence-electron chi connectivity index (χ2n) is 6.19. The number of ether oxygens (including phenoxy) is 1. The van der Waals surface area contributed by atoms with Crippen LogP contribution in [0.1, 0.15) is 39.5 Å². The summed E-state index contributed by atoms with van der Waals surface area (Å²) < 4.78 is 5.37. The Morgan fingerprint density at radius 3 is 2.29 bits per heavy atom. The average molecular weight is 296 g/mol. The van der Waals surface area contributed by atoms with Crippen LogP contribution in [0.5, 0.6) is 0 Å². The van der Waals surface area contributed by atoms with Gasteiger partial charge >= 0.3 is 0 Å². The van der Waals surface area contributed by atoms with Gasteiger partial charge in [0.1, 0.15) is 0 Å². The molecule has 2 saturated heterocycles. The van der Waals surface area contributed by atoms with Crippen LogP contribution in [0.2, 0.25) is 0 Å². The van der Waals surface area contributed by atoms with E-state index in [-0.39, 0.29) is 0 Å². The first-order chi connectivity index (χ1) is 10.3. The maximum Gasteiger partial charge on any atom is 0.191 e. The third-order valence-corrected chi connectivity index (χ3v) is 4.98. The average Bonchev–Trinajstić information content (AvgIpc) is 3.06. The highest BCUT2D eigenvalue weighted by atomic mass is 16.5. The number of likely N-dealkylation sites (tertiary alicyclic amines) is 1. The third-order valence-electron chi connectivity index (χ3n) is 4.98. The molecule has 0 aromatic heterocycles. The number of morpholine rings is 1. The van der Waals surface area contributed by atoms with Crippen molar-refractivity contribution in [1.82, 2.24) is 9.80 Å². The van der Waals surface area contributed by atoms with Gasteiger partial charge in [0.05, 0.1) is 19.8 Å². The van der Waals surface area contributed by atoms with E-state index in [0.29, 0.717) is 12.0 Å². The molecule has 122 valence electrons. The molecule has 2 heterocycles. The lowest BCUT2D eigenvalue weighted by Crippen LogP contribution is -2.46. The summed E-state index contributed by atoms with van der Waals surface area (Å²) in [5, 5.41) is 0. The summed E-state index contributed by atoms with van der Waals surface area (Å²) in [6.07, 6.45) is 5.12. The molecule has 2 N–H and O–H groups in total. The first-order valence-corrected chi connectivity index (χ1v) is 8.62. The van der Waals surface area contributed by atoms with Gasteiger partial charge in [-0.1, -0.05) is 26.7 Å². The SMILES string of the molecule is CCC(CC)C(CN=C(N)N1CCOCC1)N1CCCC1. The van der Waals surface area contributed by atoms with Gasteiger partial charge in [-0.05, 0) is 31.8 Å². The molecule has 0 aromatic rings. The van der Waals surface area contributed by atoms with Crippen LogP contribution in [-0.4, -0.2) is 67.7 Å². The van der Waals surface area contributed by atoms with Gasteiger partial charge in [0.2, 0.25) is 0 Å². The zero-order valence-corrected chi connectivity index (χ0v) is 13.8. The molecule has 2 aliphatic rings. The van der Waals surface area contributed by atoms with Gasteiger partial charge < -0.3 is 15.4 Å². The molecule has 21 heavy (non-hydrogen) atoms. The molecule has 2 aliphatic heterocycles. The van der Waals surface area contributed by atoms with Crippen molar-refractivity contribution in [3.05, 3.63) is 0 Å². The summed E-state index contributed by atoms with van der Waals surface area (Å²) in [4.78, 5) is 9.52. The maximum atomic E-state index is 6.18. The predicted octanol–water partition coefficient (Wildman–Crippen LogP) is 1.53. The van der Waals surface area contributed by atoms with E-state index in [4.69, 9.17) is 15.5 Å². The molecule has 0 radical (unpaired) electrons. The van der Waals surface area contributed by atoms with Crippen LogP contribution < -0.4 is 5.73 Å². The Labute approximate surface area is 129 Å². The zero-order chi connectivity index (χ0) is 15.1. The lowest BCUT2D eigenvalue weighted by atomic mass is 9.93. The minimum absolute atomic E-state index is 0.557. The zero-order valence-electron chi connectivity index (χ0n) is 13.8. The van der Waals surface area contributed by atoms with E-state index in [9.17, 15) is 0 Å². The highest BCUT2D eigenvalue weighted by molar-refractivity contribution is 5.78. The standard InChI is InChI=1S/C16H32N4O/c1-3-14(4-2)15(19-7-5-6-8-19)13-18-16(17)20-9-11-21-12-10-20/h14-15H,3-13H2,1-2H3,(H2,17,18). The van der Waals surface area contributed by atoms with Crippen LogP contribution in [0, 0.1) is 5.92 Å². The van der Waals surface area contributed by atoms with Gasteiger partial charge in [0.15, 0.2) is 5.96 Å². The van der Waals surface area contributed by atoms with Crippen molar-refractivity contribution in [3.8, 4) is 0 Å². The fraction of sp³-hybridized carbons (Fsp3) is 0.938. The Morgan fingerprint density at radius 1 is 1.10 bits per heavy atom. The second kappa shape index (κ2) is 8.59. The summed E-state index contributed by atoms with van der Waals surface area (Å²) in [5.41, 5.74) is 6.18. The van der Waals surface area contributed by atoms with Crippen molar-refractivity contribution < 1.29 is 4.74 Å². The van der Waals surface area contributed by atoms with Crippen LogP contribution >= 0.6 is 0 Å². The molecule has 0 bridgehead atoms. The Bertz CT molecular complexity index is 316. The van der Waals surface area contributed by atoms with Crippen molar-refractivity contribution in [2.45, 2.75) is 45.6 Å². The minimum Gasteiger partial charge on any atom is -0.378 e. The van der Waals surface area contributed by atoms with E-state index in [0.717, 1.165) is 38.8 Å². The Morgan fingerprint density at radius 2 is 1.71 bits per heavy atom. The molecule has 2 fully saturated rings. The number of rotatable bonds is 6. The number of hydrogen-bond donors (Lipinski definition) is 1. The second-order valence-corrected chi connectivity index (χ2v) is 6.19. The molecule has 5 heteroatoms. The Hall–Kier alpha value is -0.810. The number of hydrogen-bond acceptors (Lipinski definition) is 3. The maximum absolute atomic E-state index is 6.18. The highest BCUT2D eigenvalue weighted by Crippen LogP contribution is 2.23. The van der Waals surface area contributed by atoms with Gasteiger partial charge in [0, 0.05) is 19.1 Å². The summed E-state index contributed by atoms with van der Waals surface area (Å²) in [7, 11) is 0. The van der Waals surface area contributed by atoms with Crippen molar-refractivity contribution >= 4 is 5.96 Å². The normalized spacial score (nSPS) is 23.0. The van der Waals surface area contributed by atoms with E-state index in [1.54, 1.807) is 0 Å². The minimum atomic E-state index is 0.557. The molecule has 0 aromatic carbocycles. The number of aliphatic imine (C=N–C) groups is 1. The first kappa shape index (κ1) is 16.6. The molecule has 0 spiro atoms. The largest absolute Gasteiger partial charge is 0.378 e. The lowest BCUT2D eigenvalue weighted by Gasteiger charge is -2.33. The van der Waals surface area contributed by atoms with Crippen molar-refractivity contribution in [2.75, 3.05) is 45.9 Å². The van der Waals surface area contributed by atoms with Crippen LogP contribution in [0.4, 0.5) is 0 Å². The van der Waals surface area contributed by atoms with Gasteiger partial charge in [-0.15, -0.1) is 0 Å². The molecule has 2 rings (SSSR count). The van der Waals surface area contributed by atoms with Crippen LogP contribution in [0.15, 0.2) is 4.99 Å². The molecular weight excluding hydrogens is 264 g/mol. The van der Waals surface area contributed by atoms with E-state index in [1.165, 1.54) is 38.8 Å². The molecule has 0 amide bonds. The summed E-state index contributed by atoms with van der Waals surface area (Å²) in [5.74, 6) is 1.43. The Kier molecular flexibility index (Phi) is 6.77. The van der Waals surface area contributed by atoms with Crippen LogP contribution in [0.3, 0.4) is 0 Å². The van der Waals surface area contributed by atoms with Gasteiger partial charge in [-0.2, -0.15) is 0 Å². The van der Waals surface area contributed by atoms with Gasteiger partial charge in [-0.3, -0.25) is 9.89 Å². The van der Waals surface area contributed by atoms with E-state index in [2.05, 4.69) is 23.6 Å². The number of nitrogens with two attached hydrogens (primary N) is 1. The van der Waals surface area contributed by atoms with E-state index < -0.39 is 0 Å². The number of guanidine groups is 1. The number of nitrogens with zero attached hydrogens (tertiary/aromatic N) is 3. The van der Waals surface area contributed by atoms with Crippen LogP contribution in [-0.2, 0) is 4.74 Å². The predicted molar refractivity (Wildman–Crippen MR) is 87.5 cm³/mol. The molecule has 5 nitrogen and oxygen atoms in total. The molecule has 1 atom stereocenters. The summed E-state index contributed by atoms with van der Waals surface area (Å²) in [6, 6.07) is 0.557. The Balaban J connectivity index is 1.96. The molecule has 0 aliphatic carbocycles. The summed E-state index contributed by atoms with van der Waals surface area (Å²) in [6.45, 7) is 11.2. The monoisotopic (exact) mass is 296 g/mol. The fourth-order valence-electron chi connectivity index (χ4n) is 3.55. The van der Waals surface area contributed by atoms with Gasteiger partial charge in [0.25, 0.3) is 0 Å². The van der Waals surface area contributed by atoms with Crippen molar-refractivity contribution in [1.29, 1.82) is 0 Å². The highest BCUT2D eigenvalue weighted by Gasteiger charge is 2.27. The van der Waals surface area contributed by atoms with Gasteiger partial charge in [-0.25, -0.2) is 0 Å². The smallest absolute Gasteiger partial charge is 0.191 e. The summed E-state index contributed by atoms with van der Waals surface area (Å²) >= 11 is 0. The molecule has 0 saturated carbocycles. The van der Waals surface area contributed by atoms with Crippen LogP contribution in [0.25, 0.3) is 0 Å².